The molecule has 0 saturated heterocycles. The summed E-state index contributed by atoms with van der Waals surface area (Å²) < 4.78 is 11.3. The summed E-state index contributed by atoms with van der Waals surface area (Å²) >= 11 is 7.82. The van der Waals surface area contributed by atoms with Crippen LogP contribution >= 0.6 is 22.9 Å². The summed E-state index contributed by atoms with van der Waals surface area (Å²) in [5.41, 5.74) is 0.331. The Morgan fingerprint density at radius 3 is 2.74 bits per heavy atom. The van der Waals surface area contributed by atoms with Crippen LogP contribution in [0.3, 0.4) is 0 Å². The van der Waals surface area contributed by atoms with E-state index in [0.717, 1.165) is 15.0 Å². The minimum atomic E-state index is -0.530. The van der Waals surface area contributed by atoms with Gasteiger partial charge >= 0.3 is 11.6 Å². The maximum atomic E-state index is 12.3. The number of esters is 1. The molecule has 0 fully saturated rings. The zero-order valence-electron chi connectivity index (χ0n) is 12.5. The van der Waals surface area contributed by atoms with Gasteiger partial charge in [0.25, 0.3) is 0 Å². The number of fused-ring (bicyclic) bond motifs is 1. The molecule has 23 heavy (non-hydrogen) atoms. The highest BCUT2D eigenvalue weighted by molar-refractivity contribution is 7.19. The topological polar surface area (TPSA) is 56.5 Å². The Labute approximate surface area is 141 Å². The van der Waals surface area contributed by atoms with Crippen molar-refractivity contribution in [3.63, 3.8) is 0 Å². The molecule has 0 spiro atoms. The van der Waals surface area contributed by atoms with Crippen molar-refractivity contribution in [2.75, 3.05) is 0 Å². The smallest absolute Gasteiger partial charge is 0.342 e. The van der Waals surface area contributed by atoms with E-state index in [2.05, 4.69) is 0 Å². The number of thiophene rings is 1. The van der Waals surface area contributed by atoms with E-state index < -0.39 is 11.6 Å². The lowest BCUT2D eigenvalue weighted by Gasteiger charge is -2.08. The second-order valence-electron chi connectivity index (χ2n) is 5.09. The van der Waals surface area contributed by atoms with Crippen molar-refractivity contribution in [1.29, 1.82) is 0 Å². The van der Waals surface area contributed by atoms with Crippen LogP contribution in [0.2, 0.25) is 5.02 Å². The van der Waals surface area contributed by atoms with E-state index in [1.807, 2.05) is 24.3 Å². The van der Waals surface area contributed by atoms with Crippen molar-refractivity contribution in [2.24, 2.45) is 0 Å². The SMILES string of the molecule is Cc1cc(=O)oc(C)c1C(=O)OCc1sc2ccccc2c1Cl. The first-order chi connectivity index (χ1) is 11.0. The summed E-state index contributed by atoms with van der Waals surface area (Å²) in [6.45, 7) is 3.32. The standard InChI is InChI=1S/C17H13ClO4S/c1-9-7-14(19)22-10(2)15(9)17(20)21-8-13-16(18)11-5-3-4-6-12(11)23-13/h3-7H,8H2,1-2H3. The number of hydrogen-bond donors (Lipinski definition) is 0. The van der Waals surface area contributed by atoms with E-state index in [1.54, 1.807) is 13.8 Å². The molecule has 0 amide bonds. The summed E-state index contributed by atoms with van der Waals surface area (Å²) in [4.78, 5) is 24.3. The molecule has 6 heteroatoms. The molecule has 0 atom stereocenters. The van der Waals surface area contributed by atoms with Gasteiger partial charge in [0.15, 0.2) is 0 Å². The molecule has 118 valence electrons. The summed E-state index contributed by atoms with van der Waals surface area (Å²) in [6, 6.07) is 9.02. The lowest BCUT2D eigenvalue weighted by molar-refractivity contribution is 0.0471. The number of aryl methyl sites for hydroxylation is 2. The molecular formula is C17H13ClO4S. The van der Waals surface area contributed by atoms with E-state index in [-0.39, 0.29) is 17.9 Å². The minimum absolute atomic E-state index is 0.0784. The third-order valence-electron chi connectivity index (χ3n) is 3.47. The van der Waals surface area contributed by atoms with Gasteiger partial charge in [-0.1, -0.05) is 29.8 Å². The normalized spacial score (nSPS) is 10.9. The van der Waals surface area contributed by atoms with Gasteiger partial charge in [-0.15, -0.1) is 11.3 Å². The van der Waals surface area contributed by atoms with Crippen LogP contribution in [-0.2, 0) is 11.3 Å². The van der Waals surface area contributed by atoms with E-state index in [9.17, 15) is 9.59 Å². The Hall–Kier alpha value is -2.11. The Kier molecular flexibility index (Phi) is 4.24. The molecule has 0 radical (unpaired) electrons. The third kappa shape index (κ3) is 3.02. The van der Waals surface area contributed by atoms with Crippen molar-refractivity contribution < 1.29 is 13.9 Å². The fraction of sp³-hybridized carbons (Fsp3) is 0.176. The number of halogens is 1. The fourth-order valence-corrected chi connectivity index (χ4v) is 3.82. The predicted octanol–water partition coefficient (Wildman–Crippen LogP) is 4.48. The van der Waals surface area contributed by atoms with Gasteiger partial charge in [0, 0.05) is 16.2 Å². The zero-order chi connectivity index (χ0) is 16.6. The highest BCUT2D eigenvalue weighted by Crippen LogP contribution is 2.35. The summed E-state index contributed by atoms with van der Waals surface area (Å²) in [7, 11) is 0. The molecule has 0 aliphatic carbocycles. The zero-order valence-corrected chi connectivity index (χ0v) is 14.1. The molecule has 0 saturated carbocycles. The summed E-state index contributed by atoms with van der Waals surface area (Å²) in [5, 5.41) is 1.55. The molecule has 0 bridgehead atoms. The van der Waals surface area contributed by atoms with Gasteiger partial charge in [-0.2, -0.15) is 0 Å². The molecular weight excluding hydrogens is 336 g/mol. The van der Waals surface area contributed by atoms with Crippen LogP contribution in [0.4, 0.5) is 0 Å². The Bertz CT molecular complexity index is 929. The van der Waals surface area contributed by atoms with Gasteiger partial charge in [-0.05, 0) is 25.5 Å². The van der Waals surface area contributed by atoms with Crippen LogP contribution in [-0.4, -0.2) is 5.97 Å². The van der Waals surface area contributed by atoms with Crippen LogP contribution in [0.15, 0.2) is 39.5 Å². The van der Waals surface area contributed by atoms with Crippen LogP contribution in [0, 0.1) is 13.8 Å². The Balaban J connectivity index is 1.84. The lowest BCUT2D eigenvalue weighted by Crippen LogP contribution is -2.12. The number of benzene rings is 1. The quantitative estimate of drug-likeness (QED) is 0.655. The lowest BCUT2D eigenvalue weighted by atomic mass is 10.1. The van der Waals surface area contributed by atoms with Gasteiger partial charge in [-0.3, -0.25) is 0 Å². The molecule has 0 unspecified atom stereocenters. The first-order valence-electron chi connectivity index (χ1n) is 6.91. The number of ether oxygens (including phenoxy) is 1. The van der Waals surface area contributed by atoms with E-state index >= 15 is 0 Å². The van der Waals surface area contributed by atoms with Crippen molar-refractivity contribution in [3.05, 3.63) is 67.5 Å². The molecule has 0 aliphatic heterocycles. The highest BCUT2D eigenvalue weighted by Gasteiger charge is 2.18. The predicted molar refractivity (Wildman–Crippen MR) is 90.4 cm³/mol. The summed E-state index contributed by atoms with van der Waals surface area (Å²) in [5.74, 6) is -0.278. The molecule has 3 rings (SSSR count). The van der Waals surface area contributed by atoms with Crippen molar-refractivity contribution in [3.8, 4) is 0 Å². The number of carbonyl (C=O) groups excluding carboxylic acids is 1. The maximum Gasteiger partial charge on any atom is 0.342 e. The minimum Gasteiger partial charge on any atom is -0.456 e. The van der Waals surface area contributed by atoms with Gasteiger partial charge < -0.3 is 9.15 Å². The largest absolute Gasteiger partial charge is 0.456 e. The first-order valence-corrected chi connectivity index (χ1v) is 8.11. The van der Waals surface area contributed by atoms with Gasteiger partial charge in [0.2, 0.25) is 0 Å². The molecule has 4 nitrogen and oxygen atoms in total. The van der Waals surface area contributed by atoms with Crippen LogP contribution in [0.25, 0.3) is 10.1 Å². The van der Waals surface area contributed by atoms with E-state index in [1.165, 1.54) is 17.4 Å². The molecule has 1 aromatic carbocycles. The Morgan fingerprint density at radius 1 is 1.30 bits per heavy atom. The highest BCUT2D eigenvalue weighted by atomic mass is 35.5. The van der Waals surface area contributed by atoms with Crippen molar-refractivity contribution >= 4 is 39.0 Å². The fourth-order valence-electron chi connectivity index (χ4n) is 2.42. The van der Waals surface area contributed by atoms with Gasteiger partial charge in [-0.25, -0.2) is 9.59 Å². The first kappa shape index (κ1) is 15.8. The maximum absolute atomic E-state index is 12.3. The number of hydrogen-bond acceptors (Lipinski definition) is 5. The second-order valence-corrected chi connectivity index (χ2v) is 6.61. The number of rotatable bonds is 3. The monoisotopic (exact) mass is 348 g/mol. The van der Waals surface area contributed by atoms with Crippen LogP contribution in [0.1, 0.15) is 26.6 Å². The van der Waals surface area contributed by atoms with Gasteiger partial charge in [0.05, 0.1) is 9.90 Å². The number of carbonyl (C=O) groups is 1. The van der Waals surface area contributed by atoms with Crippen LogP contribution in [0.5, 0.6) is 0 Å². The average molecular weight is 349 g/mol. The Morgan fingerprint density at radius 2 is 2.04 bits per heavy atom. The average Bonchev–Trinajstić information content (AvgIpc) is 2.81. The van der Waals surface area contributed by atoms with Crippen molar-refractivity contribution in [2.45, 2.75) is 20.5 Å². The van der Waals surface area contributed by atoms with E-state index in [0.29, 0.717) is 10.6 Å². The second kappa shape index (κ2) is 6.18. The molecule has 0 aliphatic rings. The molecule has 2 aromatic heterocycles. The van der Waals surface area contributed by atoms with Crippen LogP contribution < -0.4 is 5.63 Å². The molecule has 0 N–H and O–H groups in total. The summed E-state index contributed by atoms with van der Waals surface area (Å²) in [6.07, 6.45) is 0. The third-order valence-corrected chi connectivity index (χ3v) is 5.16. The molecule has 2 heterocycles. The van der Waals surface area contributed by atoms with Crippen molar-refractivity contribution in [1.82, 2.24) is 0 Å². The van der Waals surface area contributed by atoms with Gasteiger partial charge in [0.1, 0.15) is 17.9 Å². The van der Waals surface area contributed by atoms with E-state index in [4.69, 9.17) is 20.8 Å². The molecule has 3 aromatic rings.